The van der Waals surface area contributed by atoms with Crippen LogP contribution in [0.1, 0.15) is 19.5 Å². The third kappa shape index (κ3) is 4.43. The summed E-state index contributed by atoms with van der Waals surface area (Å²) in [6.07, 6.45) is 0.494. The molecule has 0 aliphatic carbocycles. The second kappa shape index (κ2) is 8.54. The zero-order valence-corrected chi connectivity index (χ0v) is 17.3. The fraction of sp³-hybridized carbons (Fsp3) is 0.200. The average Bonchev–Trinajstić information content (AvgIpc) is 3.09. The van der Waals surface area contributed by atoms with Crippen molar-refractivity contribution in [3.63, 3.8) is 0 Å². The van der Waals surface area contributed by atoms with E-state index in [1.807, 2.05) is 6.92 Å². The molecule has 0 saturated heterocycles. The third-order valence-corrected chi connectivity index (χ3v) is 5.61. The highest BCUT2D eigenvalue weighted by atomic mass is 32.2. The van der Waals surface area contributed by atoms with Crippen molar-refractivity contribution in [1.29, 1.82) is 0 Å². The largest absolute Gasteiger partial charge is 0.495 e. The molecule has 0 saturated carbocycles. The molecule has 0 aliphatic rings. The van der Waals surface area contributed by atoms with Crippen molar-refractivity contribution in [3.8, 4) is 16.9 Å². The number of aromatic nitrogens is 1. The Bertz CT molecular complexity index is 1190. The predicted octanol–water partition coefficient (Wildman–Crippen LogP) is 3.81. The van der Waals surface area contributed by atoms with Crippen LogP contribution in [0.2, 0.25) is 0 Å². The number of rotatable bonds is 7. The van der Waals surface area contributed by atoms with Crippen molar-refractivity contribution in [2.75, 3.05) is 17.1 Å². The van der Waals surface area contributed by atoms with Gasteiger partial charge in [0.15, 0.2) is 0 Å². The Morgan fingerprint density at radius 2 is 2.00 bits per heavy atom. The fourth-order valence-corrected chi connectivity index (χ4v) is 4.16. The SMILES string of the molecule is CCc1noc(NC(C)=O)c1-c1ccc(OC)c(S(=O)(=O)Nc2cccc(F)c2)c1. The van der Waals surface area contributed by atoms with Crippen LogP contribution < -0.4 is 14.8 Å². The van der Waals surface area contributed by atoms with Crippen LogP contribution in [0.5, 0.6) is 5.75 Å². The van der Waals surface area contributed by atoms with E-state index in [4.69, 9.17) is 9.26 Å². The molecule has 0 atom stereocenters. The monoisotopic (exact) mass is 433 g/mol. The summed E-state index contributed by atoms with van der Waals surface area (Å²) >= 11 is 0. The Kier molecular flexibility index (Phi) is 6.06. The predicted molar refractivity (Wildman–Crippen MR) is 109 cm³/mol. The van der Waals surface area contributed by atoms with Crippen molar-refractivity contribution in [3.05, 3.63) is 54.0 Å². The van der Waals surface area contributed by atoms with Gasteiger partial charge in [-0.1, -0.05) is 24.2 Å². The van der Waals surface area contributed by atoms with Crippen LogP contribution >= 0.6 is 0 Å². The second-order valence-corrected chi connectivity index (χ2v) is 8.00. The molecule has 3 aromatic rings. The number of sulfonamides is 1. The minimum absolute atomic E-state index is 0.0700. The summed E-state index contributed by atoms with van der Waals surface area (Å²) in [5.74, 6) is -0.721. The molecule has 0 unspecified atom stereocenters. The number of carbonyl (C=O) groups is 1. The van der Waals surface area contributed by atoms with Crippen molar-refractivity contribution in [1.82, 2.24) is 5.16 Å². The molecule has 2 aromatic carbocycles. The number of hydrogen-bond donors (Lipinski definition) is 2. The van der Waals surface area contributed by atoms with E-state index in [0.29, 0.717) is 23.2 Å². The van der Waals surface area contributed by atoms with Gasteiger partial charge in [0, 0.05) is 6.92 Å². The number of carbonyl (C=O) groups excluding carboxylic acids is 1. The first-order valence-corrected chi connectivity index (χ1v) is 10.5. The number of hydrogen-bond acceptors (Lipinski definition) is 6. The maximum atomic E-state index is 13.5. The number of ether oxygens (including phenoxy) is 1. The summed E-state index contributed by atoms with van der Waals surface area (Å²) in [7, 11) is -2.78. The summed E-state index contributed by atoms with van der Waals surface area (Å²) in [6.45, 7) is 3.18. The van der Waals surface area contributed by atoms with Gasteiger partial charge in [0.1, 0.15) is 16.5 Å². The van der Waals surface area contributed by atoms with E-state index < -0.39 is 15.8 Å². The molecule has 0 fully saturated rings. The van der Waals surface area contributed by atoms with Gasteiger partial charge in [-0.25, -0.2) is 12.8 Å². The Morgan fingerprint density at radius 3 is 2.63 bits per heavy atom. The lowest BCUT2D eigenvalue weighted by Gasteiger charge is -2.13. The number of amides is 1. The van der Waals surface area contributed by atoms with Crippen LogP contribution in [0.3, 0.4) is 0 Å². The Hall–Kier alpha value is -3.40. The quantitative estimate of drug-likeness (QED) is 0.586. The van der Waals surface area contributed by atoms with E-state index in [-0.39, 0.29) is 28.1 Å². The van der Waals surface area contributed by atoms with Crippen LogP contribution in [0, 0.1) is 5.82 Å². The maximum Gasteiger partial charge on any atom is 0.265 e. The molecule has 0 bridgehead atoms. The molecular weight excluding hydrogens is 413 g/mol. The van der Waals surface area contributed by atoms with E-state index in [2.05, 4.69) is 15.2 Å². The van der Waals surface area contributed by atoms with Crippen LogP contribution in [0.15, 0.2) is 51.9 Å². The molecule has 30 heavy (non-hydrogen) atoms. The lowest BCUT2D eigenvalue weighted by atomic mass is 10.0. The molecule has 8 nitrogen and oxygen atoms in total. The number of halogens is 1. The minimum atomic E-state index is -4.12. The van der Waals surface area contributed by atoms with E-state index in [1.165, 1.54) is 44.4 Å². The molecule has 10 heteroatoms. The lowest BCUT2D eigenvalue weighted by molar-refractivity contribution is -0.114. The molecule has 158 valence electrons. The van der Waals surface area contributed by atoms with Gasteiger partial charge < -0.3 is 9.26 Å². The van der Waals surface area contributed by atoms with E-state index in [0.717, 1.165) is 6.07 Å². The third-order valence-electron chi connectivity index (χ3n) is 4.21. The number of methoxy groups -OCH3 is 1. The summed E-state index contributed by atoms with van der Waals surface area (Å²) < 4.78 is 52.3. The van der Waals surface area contributed by atoms with Crippen molar-refractivity contribution < 1.29 is 26.9 Å². The van der Waals surface area contributed by atoms with Gasteiger partial charge in [0.05, 0.1) is 24.1 Å². The Labute approximate surface area is 173 Å². The minimum Gasteiger partial charge on any atom is -0.495 e. The zero-order chi connectivity index (χ0) is 21.9. The Morgan fingerprint density at radius 1 is 1.23 bits per heavy atom. The second-order valence-electron chi connectivity index (χ2n) is 6.35. The first-order valence-electron chi connectivity index (χ1n) is 8.98. The van der Waals surface area contributed by atoms with Gasteiger partial charge >= 0.3 is 0 Å². The van der Waals surface area contributed by atoms with Crippen molar-refractivity contribution in [2.24, 2.45) is 0 Å². The molecule has 1 amide bonds. The summed E-state index contributed by atoms with van der Waals surface area (Å²) in [5, 5.41) is 6.50. The Balaban J connectivity index is 2.11. The smallest absolute Gasteiger partial charge is 0.265 e. The molecule has 0 aliphatic heterocycles. The van der Waals surface area contributed by atoms with Crippen LogP contribution in [-0.4, -0.2) is 26.6 Å². The molecule has 2 N–H and O–H groups in total. The number of anilines is 2. The van der Waals surface area contributed by atoms with Gasteiger partial charge in [0.25, 0.3) is 10.0 Å². The number of nitrogens with zero attached hydrogens (tertiary/aromatic N) is 1. The van der Waals surface area contributed by atoms with Crippen LogP contribution in [0.4, 0.5) is 16.0 Å². The fourth-order valence-electron chi connectivity index (χ4n) is 2.91. The average molecular weight is 433 g/mol. The van der Waals surface area contributed by atoms with Crippen LogP contribution in [-0.2, 0) is 21.2 Å². The van der Waals surface area contributed by atoms with E-state index in [1.54, 1.807) is 6.07 Å². The zero-order valence-electron chi connectivity index (χ0n) is 16.5. The van der Waals surface area contributed by atoms with Gasteiger partial charge in [-0.05, 0) is 42.3 Å². The number of benzene rings is 2. The van der Waals surface area contributed by atoms with Crippen LogP contribution in [0.25, 0.3) is 11.1 Å². The molecular formula is C20H20FN3O5S. The van der Waals surface area contributed by atoms with Crippen molar-refractivity contribution >= 4 is 27.5 Å². The first kappa shape index (κ1) is 21.3. The molecule has 0 radical (unpaired) electrons. The normalized spacial score (nSPS) is 11.2. The number of nitrogens with one attached hydrogen (secondary N) is 2. The summed E-state index contributed by atoms with van der Waals surface area (Å²) in [6, 6.07) is 9.61. The first-order chi connectivity index (χ1) is 14.2. The summed E-state index contributed by atoms with van der Waals surface area (Å²) in [4.78, 5) is 11.3. The highest BCUT2D eigenvalue weighted by Crippen LogP contribution is 2.36. The van der Waals surface area contributed by atoms with Gasteiger partial charge in [-0.2, -0.15) is 0 Å². The highest BCUT2D eigenvalue weighted by molar-refractivity contribution is 7.92. The van der Waals surface area contributed by atoms with Gasteiger partial charge in [-0.3, -0.25) is 14.8 Å². The standard InChI is InChI=1S/C20H20FN3O5S/c1-4-16-19(20(29-23-16)22-12(2)25)13-8-9-17(28-3)18(10-13)30(26,27)24-15-7-5-6-14(21)11-15/h5-11,24H,4H2,1-3H3,(H,22,25). The summed E-state index contributed by atoms with van der Waals surface area (Å²) in [5.41, 5.74) is 1.54. The van der Waals surface area contributed by atoms with Gasteiger partial charge in [0.2, 0.25) is 11.8 Å². The topological polar surface area (TPSA) is 111 Å². The molecule has 3 rings (SSSR count). The lowest BCUT2D eigenvalue weighted by Crippen LogP contribution is -2.14. The molecule has 1 heterocycles. The molecule has 1 aromatic heterocycles. The van der Waals surface area contributed by atoms with Crippen molar-refractivity contribution in [2.45, 2.75) is 25.2 Å². The number of aryl methyl sites for hydroxylation is 1. The molecule has 0 spiro atoms. The maximum absolute atomic E-state index is 13.5. The van der Waals surface area contributed by atoms with E-state index >= 15 is 0 Å². The van der Waals surface area contributed by atoms with E-state index in [9.17, 15) is 17.6 Å². The highest BCUT2D eigenvalue weighted by Gasteiger charge is 2.24. The van der Waals surface area contributed by atoms with Gasteiger partial charge in [-0.15, -0.1) is 0 Å².